The van der Waals surface area contributed by atoms with Gasteiger partial charge in [-0.3, -0.25) is 0 Å². The van der Waals surface area contributed by atoms with Crippen LogP contribution in [-0.2, 0) is 5.41 Å². The van der Waals surface area contributed by atoms with E-state index in [2.05, 4.69) is 335 Å². The Morgan fingerprint density at radius 1 is 0.197 bits per heavy atom. The standard InChI is InChI=1S/C61H46Si.C12H8Br2/c1-7-29-53(30-8-1)61(54-31-9-2-10-32-54,55-33-11-3-12-34-55)56-35-21-27-51(45-56)49-25-19-23-47(43-49)48-24-20-26-50(44-48)52-28-22-42-60(46-52)62(57-36-13-4-14-37-57,58-38-15-5-16-39-58)59-40-17-6-18-41-59;13-11-5-1-3-9(7-11)10-4-2-6-12(14)8-10/h1-46H;1-8H. The van der Waals surface area contributed by atoms with Crippen molar-refractivity contribution in [1.29, 1.82) is 0 Å². The van der Waals surface area contributed by atoms with Crippen LogP contribution in [0.1, 0.15) is 22.3 Å². The average Bonchev–Trinajstić information content (AvgIpc) is 3.53. The molecule has 3 heteroatoms. The molecule has 0 saturated carbocycles. The van der Waals surface area contributed by atoms with Gasteiger partial charge in [0, 0.05) is 8.95 Å². The van der Waals surface area contributed by atoms with Gasteiger partial charge in [-0.2, -0.15) is 0 Å². The molecule has 0 aliphatic carbocycles. The van der Waals surface area contributed by atoms with E-state index >= 15 is 0 Å². The highest BCUT2D eigenvalue weighted by molar-refractivity contribution is 9.10. The van der Waals surface area contributed by atoms with Crippen LogP contribution in [0.2, 0.25) is 0 Å². The Labute approximate surface area is 466 Å². The third kappa shape index (κ3) is 10.3. The number of hydrogen-bond acceptors (Lipinski definition) is 0. The Hall–Kier alpha value is -8.18. The summed E-state index contributed by atoms with van der Waals surface area (Å²) in [5.74, 6) is 0. The highest BCUT2D eigenvalue weighted by atomic mass is 79.9. The Bertz CT molecular complexity index is 3380. The van der Waals surface area contributed by atoms with E-state index < -0.39 is 13.5 Å². The molecule has 0 unspecified atom stereocenters. The van der Waals surface area contributed by atoms with Gasteiger partial charge in [-0.25, -0.2) is 0 Å². The molecular formula is C73H54Br2Si. The minimum atomic E-state index is -2.67. The van der Waals surface area contributed by atoms with Crippen molar-refractivity contribution in [3.8, 4) is 44.5 Å². The van der Waals surface area contributed by atoms with Crippen LogP contribution in [0.5, 0.6) is 0 Å². The normalized spacial score (nSPS) is 11.3. The fourth-order valence-electron chi connectivity index (χ4n) is 11.1. The minimum Gasteiger partial charge on any atom is -0.0623 e. The first-order valence-electron chi connectivity index (χ1n) is 25.8. The molecule has 0 spiro atoms. The number of hydrogen-bond donors (Lipinski definition) is 0. The maximum absolute atomic E-state index is 3.47. The van der Waals surface area contributed by atoms with Gasteiger partial charge in [0.05, 0.1) is 5.41 Å². The maximum atomic E-state index is 3.47. The summed E-state index contributed by atoms with van der Waals surface area (Å²) in [7, 11) is -2.67. The van der Waals surface area contributed by atoms with Crippen molar-refractivity contribution >= 4 is 60.7 Å². The lowest BCUT2D eigenvalue weighted by Crippen LogP contribution is -2.74. The summed E-state index contributed by atoms with van der Waals surface area (Å²) in [4.78, 5) is 0. The molecule has 0 nitrogen and oxygen atoms in total. The molecular weight excluding hydrogens is 1060 g/mol. The predicted molar refractivity (Wildman–Crippen MR) is 332 cm³/mol. The van der Waals surface area contributed by atoms with Crippen LogP contribution in [0, 0.1) is 0 Å². The lowest BCUT2D eigenvalue weighted by molar-refractivity contribution is 0.745. The molecule has 0 radical (unpaired) electrons. The summed E-state index contributed by atoms with van der Waals surface area (Å²) in [6, 6.07) is 119. The van der Waals surface area contributed by atoms with Crippen molar-refractivity contribution in [2.24, 2.45) is 0 Å². The molecule has 12 aromatic carbocycles. The fourth-order valence-corrected chi connectivity index (χ4v) is 16.7. The topological polar surface area (TPSA) is 0 Å². The summed E-state index contributed by atoms with van der Waals surface area (Å²) >= 11 is 6.93. The van der Waals surface area contributed by atoms with Crippen LogP contribution < -0.4 is 20.7 Å². The molecule has 12 aromatic rings. The highest BCUT2D eigenvalue weighted by Crippen LogP contribution is 2.46. The fraction of sp³-hybridized carbons (Fsp3) is 0.0137. The lowest BCUT2D eigenvalue weighted by Gasteiger charge is -2.37. The van der Waals surface area contributed by atoms with E-state index in [9.17, 15) is 0 Å². The second-order valence-corrected chi connectivity index (χ2v) is 24.7. The molecule has 0 atom stereocenters. The van der Waals surface area contributed by atoms with Crippen LogP contribution >= 0.6 is 31.9 Å². The zero-order valence-corrected chi connectivity index (χ0v) is 46.1. The Morgan fingerprint density at radius 3 is 0.803 bits per heavy atom. The summed E-state index contributed by atoms with van der Waals surface area (Å²) in [5.41, 5.74) is 14.0. The molecule has 0 aliphatic rings. The quantitative estimate of drug-likeness (QED) is 0.0845. The first-order valence-corrected chi connectivity index (χ1v) is 29.4. The second-order valence-electron chi connectivity index (χ2n) is 19.0. The van der Waals surface area contributed by atoms with Crippen LogP contribution in [0.3, 0.4) is 0 Å². The zero-order valence-electron chi connectivity index (χ0n) is 41.9. The van der Waals surface area contributed by atoms with E-state index in [-0.39, 0.29) is 0 Å². The molecule has 0 N–H and O–H groups in total. The molecule has 0 heterocycles. The first-order chi connectivity index (χ1) is 37.5. The predicted octanol–water partition coefficient (Wildman–Crippen LogP) is 17.3. The van der Waals surface area contributed by atoms with Gasteiger partial charge in [0.1, 0.15) is 0 Å². The van der Waals surface area contributed by atoms with Crippen molar-refractivity contribution in [3.05, 3.63) is 359 Å². The zero-order chi connectivity index (χ0) is 51.6. The minimum absolute atomic E-state index is 0.512. The molecule has 0 amide bonds. The third-order valence-corrected chi connectivity index (χ3v) is 20.3. The SMILES string of the molecule is Brc1cccc(-c2cccc(Br)c2)c1.c1ccc(C(c2ccccc2)(c2ccccc2)c2cccc(-c3cccc(-c4cccc(-c5cccc([Si](c6ccccc6)(c6ccccc6)c6ccccc6)c5)c4)c3)c2)cc1. The molecule has 0 bridgehead atoms. The Balaban J connectivity index is 0.000000381. The van der Waals surface area contributed by atoms with E-state index in [1.807, 2.05) is 24.3 Å². The van der Waals surface area contributed by atoms with E-state index in [0.29, 0.717) is 0 Å². The van der Waals surface area contributed by atoms with Crippen LogP contribution in [0.4, 0.5) is 0 Å². The van der Waals surface area contributed by atoms with Crippen molar-refractivity contribution in [3.63, 3.8) is 0 Å². The summed E-state index contributed by atoms with van der Waals surface area (Å²) in [6.45, 7) is 0. The van der Waals surface area contributed by atoms with Crippen molar-refractivity contribution in [2.75, 3.05) is 0 Å². The van der Waals surface area contributed by atoms with E-state index in [1.54, 1.807) is 0 Å². The van der Waals surface area contributed by atoms with Gasteiger partial charge in [-0.15, -0.1) is 0 Å². The second kappa shape index (κ2) is 23.1. The average molecular weight is 1120 g/mol. The van der Waals surface area contributed by atoms with Crippen LogP contribution in [0.25, 0.3) is 44.5 Å². The molecule has 12 rings (SSSR count). The maximum Gasteiger partial charge on any atom is 0.179 e. The Kier molecular flexibility index (Phi) is 15.2. The molecule has 76 heavy (non-hydrogen) atoms. The number of benzene rings is 12. The van der Waals surface area contributed by atoms with Crippen molar-refractivity contribution in [1.82, 2.24) is 0 Å². The van der Waals surface area contributed by atoms with E-state index in [4.69, 9.17) is 0 Å². The Morgan fingerprint density at radius 2 is 0.447 bits per heavy atom. The summed E-state index contributed by atoms with van der Waals surface area (Å²) < 4.78 is 2.21. The van der Waals surface area contributed by atoms with E-state index in [0.717, 1.165) is 8.95 Å². The molecule has 0 saturated heterocycles. The van der Waals surface area contributed by atoms with Gasteiger partial charge in [0.25, 0.3) is 0 Å². The largest absolute Gasteiger partial charge is 0.179 e. The van der Waals surface area contributed by atoms with Gasteiger partial charge in [0.15, 0.2) is 8.07 Å². The van der Waals surface area contributed by atoms with Gasteiger partial charge >= 0.3 is 0 Å². The van der Waals surface area contributed by atoms with Gasteiger partial charge in [0.2, 0.25) is 0 Å². The number of halogens is 2. The molecule has 364 valence electrons. The smallest absolute Gasteiger partial charge is 0.0623 e. The number of rotatable bonds is 12. The summed E-state index contributed by atoms with van der Waals surface area (Å²) in [5, 5.41) is 5.48. The van der Waals surface area contributed by atoms with E-state index in [1.165, 1.54) is 87.5 Å². The lowest BCUT2D eigenvalue weighted by atomic mass is 9.65. The third-order valence-electron chi connectivity index (χ3n) is 14.5. The van der Waals surface area contributed by atoms with Gasteiger partial charge in [-0.1, -0.05) is 317 Å². The van der Waals surface area contributed by atoms with Gasteiger partial charge < -0.3 is 0 Å². The van der Waals surface area contributed by atoms with Crippen molar-refractivity contribution < 1.29 is 0 Å². The van der Waals surface area contributed by atoms with Crippen LogP contribution in [-0.4, -0.2) is 8.07 Å². The highest BCUT2D eigenvalue weighted by Gasteiger charge is 2.42. The first kappa shape index (κ1) is 50.0. The molecule has 0 fully saturated rings. The summed E-state index contributed by atoms with van der Waals surface area (Å²) in [6.07, 6.45) is 0. The monoisotopic (exact) mass is 1120 g/mol. The molecule has 0 aromatic heterocycles. The van der Waals surface area contributed by atoms with Crippen LogP contribution in [0.15, 0.2) is 337 Å². The molecule has 0 aliphatic heterocycles. The van der Waals surface area contributed by atoms with Gasteiger partial charge in [-0.05, 0) is 130 Å². The van der Waals surface area contributed by atoms with Crippen molar-refractivity contribution in [2.45, 2.75) is 5.41 Å².